The van der Waals surface area contributed by atoms with E-state index in [1.54, 1.807) is 0 Å². The van der Waals surface area contributed by atoms with Crippen LogP contribution in [0, 0.1) is 0 Å². The number of nitrogens with zero attached hydrogens (tertiary/aromatic N) is 1. The molecule has 3 heteroatoms. The summed E-state index contributed by atoms with van der Waals surface area (Å²) in [5.74, 6) is 0.00882. The van der Waals surface area contributed by atoms with E-state index >= 15 is 0 Å². The van der Waals surface area contributed by atoms with E-state index in [0.717, 1.165) is 12.1 Å². The highest BCUT2D eigenvalue weighted by molar-refractivity contribution is 5.92. The molecule has 1 N–H and O–H groups in total. The lowest BCUT2D eigenvalue weighted by molar-refractivity contribution is -0.117. The lowest BCUT2D eigenvalue weighted by Crippen LogP contribution is -2.32. The van der Waals surface area contributed by atoms with E-state index in [1.807, 2.05) is 54.4 Å². The van der Waals surface area contributed by atoms with Crippen LogP contribution in [0.2, 0.25) is 0 Å². The summed E-state index contributed by atoms with van der Waals surface area (Å²) in [6.45, 7) is 4.60. The van der Waals surface area contributed by atoms with Crippen LogP contribution in [-0.4, -0.2) is 24.4 Å². The number of nitrogens with one attached hydrogen (secondary N) is 1. The molecule has 2 rings (SSSR count). The Labute approximate surface area is 133 Å². The van der Waals surface area contributed by atoms with Gasteiger partial charge < -0.3 is 5.32 Å². The molecule has 22 heavy (non-hydrogen) atoms. The van der Waals surface area contributed by atoms with Gasteiger partial charge in [0, 0.05) is 11.7 Å². The van der Waals surface area contributed by atoms with Gasteiger partial charge in [-0.2, -0.15) is 0 Å². The molecule has 0 saturated heterocycles. The lowest BCUT2D eigenvalue weighted by atomic mass is 10.1. The average Bonchev–Trinajstić information content (AvgIpc) is 2.55. The highest BCUT2D eigenvalue weighted by Crippen LogP contribution is 2.18. The molecule has 2 aromatic carbocycles. The van der Waals surface area contributed by atoms with E-state index < -0.39 is 0 Å². The molecule has 2 aromatic rings. The molecule has 0 aliphatic rings. The highest BCUT2D eigenvalue weighted by atomic mass is 16.2. The van der Waals surface area contributed by atoms with Crippen molar-refractivity contribution in [3.63, 3.8) is 0 Å². The Bertz CT molecular complexity index is 593. The van der Waals surface area contributed by atoms with Crippen LogP contribution in [0.5, 0.6) is 0 Å². The third-order valence-electron chi connectivity index (χ3n) is 3.98. The molecule has 3 nitrogen and oxygen atoms in total. The first-order valence-corrected chi connectivity index (χ1v) is 7.74. The number of benzene rings is 2. The van der Waals surface area contributed by atoms with Gasteiger partial charge in [0.25, 0.3) is 0 Å². The van der Waals surface area contributed by atoms with Crippen molar-refractivity contribution >= 4 is 11.6 Å². The summed E-state index contributed by atoms with van der Waals surface area (Å²) in [7, 11) is 1.97. The second kappa shape index (κ2) is 7.76. The van der Waals surface area contributed by atoms with Crippen LogP contribution in [0.15, 0.2) is 54.6 Å². The van der Waals surface area contributed by atoms with Crippen molar-refractivity contribution in [3.05, 3.63) is 65.7 Å². The lowest BCUT2D eigenvalue weighted by Gasteiger charge is -2.24. The van der Waals surface area contributed by atoms with E-state index in [1.165, 1.54) is 11.1 Å². The monoisotopic (exact) mass is 296 g/mol. The van der Waals surface area contributed by atoms with Gasteiger partial charge in [-0.25, -0.2) is 0 Å². The molecule has 0 bridgehead atoms. The van der Waals surface area contributed by atoms with Crippen molar-refractivity contribution in [2.45, 2.75) is 26.3 Å². The third-order valence-corrected chi connectivity index (χ3v) is 3.98. The molecule has 0 radical (unpaired) electrons. The summed E-state index contributed by atoms with van der Waals surface area (Å²) in [5, 5.41) is 2.95. The predicted octanol–water partition coefficient (Wildman–Crippen LogP) is 3.88. The van der Waals surface area contributed by atoms with Crippen molar-refractivity contribution in [3.8, 4) is 0 Å². The summed E-state index contributed by atoms with van der Waals surface area (Å²) in [4.78, 5) is 14.2. The number of aryl methyl sites for hydroxylation is 1. The Morgan fingerprint density at radius 1 is 1.09 bits per heavy atom. The van der Waals surface area contributed by atoms with Crippen LogP contribution in [0.1, 0.15) is 31.0 Å². The van der Waals surface area contributed by atoms with Crippen LogP contribution in [-0.2, 0) is 11.2 Å². The van der Waals surface area contributed by atoms with Gasteiger partial charge >= 0.3 is 0 Å². The second-order valence-corrected chi connectivity index (χ2v) is 5.60. The Kier molecular flexibility index (Phi) is 5.73. The standard InChI is InChI=1S/C19H24N2O/c1-4-16-10-12-18(13-11-16)20-19(22)14-21(3)15(2)17-8-6-5-7-9-17/h5-13,15H,4,14H2,1-3H3,(H,20,22). The smallest absolute Gasteiger partial charge is 0.238 e. The molecular weight excluding hydrogens is 272 g/mol. The SMILES string of the molecule is CCc1ccc(NC(=O)CN(C)C(C)c2ccccc2)cc1. The Balaban J connectivity index is 1.90. The molecule has 0 fully saturated rings. The number of amides is 1. The molecular formula is C19H24N2O. The van der Waals surface area contributed by atoms with Gasteiger partial charge in [-0.1, -0.05) is 49.4 Å². The molecule has 1 atom stereocenters. The number of anilines is 1. The number of hydrogen-bond donors (Lipinski definition) is 1. The fraction of sp³-hybridized carbons (Fsp3) is 0.316. The summed E-state index contributed by atoms with van der Waals surface area (Å²) >= 11 is 0. The predicted molar refractivity (Wildman–Crippen MR) is 91.9 cm³/mol. The fourth-order valence-electron chi connectivity index (χ4n) is 2.37. The van der Waals surface area contributed by atoms with E-state index in [9.17, 15) is 4.79 Å². The summed E-state index contributed by atoms with van der Waals surface area (Å²) < 4.78 is 0. The van der Waals surface area contributed by atoms with Crippen molar-refractivity contribution < 1.29 is 4.79 Å². The quantitative estimate of drug-likeness (QED) is 0.877. The van der Waals surface area contributed by atoms with Gasteiger partial charge in [-0.05, 0) is 43.7 Å². The van der Waals surface area contributed by atoms with Crippen LogP contribution in [0.25, 0.3) is 0 Å². The Hall–Kier alpha value is -2.13. The first-order chi connectivity index (χ1) is 10.6. The number of carbonyl (C=O) groups excluding carboxylic acids is 1. The van der Waals surface area contributed by atoms with Crippen LogP contribution < -0.4 is 5.32 Å². The van der Waals surface area contributed by atoms with Gasteiger partial charge in [0.2, 0.25) is 5.91 Å². The van der Waals surface area contributed by atoms with Gasteiger partial charge in [0.1, 0.15) is 0 Å². The maximum absolute atomic E-state index is 12.2. The normalized spacial score (nSPS) is 12.2. The van der Waals surface area contributed by atoms with Gasteiger partial charge in [0.05, 0.1) is 6.54 Å². The van der Waals surface area contributed by atoms with Crippen molar-refractivity contribution in [2.75, 3.05) is 18.9 Å². The Morgan fingerprint density at radius 2 is 1.73 bits per heavy atom. The topological polar surface area (TPSA) is 32.3 Å². The van der Waals surface area contributed by atoms with Gasteiger partial charge in [0.15, 0.2) is 0 Å². The van der Waals surface area contributed by atoms with E-state index in [-0.39, 0.29) is 11.9 Å². The number of carbonyl (C=O) groups is 1. The summed E-state index contributed by atoms with van der Waals surface area (Å²) in [6.07, 6.45) is 1.01. The number of rotatable bonds is 6. The van der Waals surface area contributed by atoms with Crippen LogP contribution in [0.4, 0.5) is 5.69 Å². The zero-order valence-corrected chi connectivity index (χ0v) is 13.5. The van der Waals surface area contributed by atoms with Crippen molar-refractivity contribution in [1.29, 1.82) is 0 Å². The molecule has 0 aromatic heterocycles. The minimum Gasteiger partial charge on any atom is -0.325 e. The molecule has 0 aliphatic carbocycles. The molecule has 0 heterocycles. The number of hydrogen-bond acceptors (Lipinski definition) is 2. The molecule has 0 aliphatic heterocycles. The zero-order chi connectivity index (χ0) is 15.9. The molecule has 1 unspecified atom stereocenters. The first kappa shape index (κ1) is 16.2. The molecule has 116 valence electrons. The van der Waals surface area contributed by atoms with Crippen LogP contribution >= 0.6 is 0 Å². The average molecular weight is 296 g/mol. The first-order valence-electron chi connectivity index (χ1n) is 7.74. The minimum atomic E-state index is 0.00882. The largest absolute Gasteiger partial charge is 0.325 e. The molecule has 1 amide bonds. The van der Waals surface area contributed by atoms with Crippen molar-refractivity contribution in [1.82, 2.24) is 4.90 Å². The van der Waals surface area contributed by atoms with E-state index in [4.69, 9.17) is 0 Å². The zero-order valence-electron chi connectivity index (χ0n) is 13.5. The highest BCUT2D eigenvalue weighted by Gasteiger charge is 2.14. The second-order valence-electron chi connectivity index (χ2n) is 5.60. The number of likely N-dealkylation sites (N-methyl/N-ethyl adjacent to an activating group) is 1. The third kappa shape index (κ3) is 4.43. The van der Waals surface area contributed by atoms with Gasteiger partial charge in [-0.15, -0.1) is 0 Å². The summed E-state index contributed by atoms with van der Waals surface area (Å²) in [5.41, 5.74) is 3.33. The van der Waals surface area contributed by atoms with E-state index in [0.29, 0.717) is 6.54 Å². The van der Waals surface area contributed by atoms with E-state index in [2.05, 4.69) is 31.3 Å². The Morgan fingerprint density at radius 3 is 2.32 bits per heavy atom. The molecule has 0 spiro atoms. The maximum atomic E-state index is 12.2. The molecule has 0 saturated carbocycles. The van der Waals surface area contributed by atoms with Crippen molar-refractivity contribution in [2.24, 2.45) is 0 Å². The fourth-order valence-corrected chi connectivity index (χ4v) is 2.37. The van der Waals surface area contributed by atoms with Crippen LogP contribution in [0.3, 0.4) is 0 Å². The summed E-state index contributed by atoms with van der Waals surface area (Å²) in [6, 6.07) is 18.4. The van der Waals surface area contributed by atoms with Gasteiger partial charge in [-0.3, -0.25) is 9.69 Å². The minimum absolute atomic E-state index is 0.00882. The maximum Gasteiger partial charge on any atom is 0.238 e.